The predicted molar refractivity (Wildman–Crippen MR) is 241 cm³/mol. The van der Waals surface area contributed by atoms with Gasteiger partial charge in [-0.3, -0.25) is 19.2 Å². The van der Waals surface area contributed by atoms with Crippen molar-refractivity contribution in [3.05, 3.63) is 124 Å². The number of fused-ring (bicyclic) bond motifs is 14. The molecule has 8 rings (SSSR count). The van der Waals surface area contributed by atoms with E-state index in [0.29, 0.717) is 6.54 Å². The summed E-state index contributed by atoms with van der Waals surface area (Å²) in [5, 5.41) is 37.7. The van der Waals surface area contributed by atoms with Gasteiger partial charge in [-0.05, 0) is 25.5 Å². The van der Waals surface area contributed by atoms with Crippen LogP contribution in [0.5, 0.6) is 11.5 Å². The fraction of sp³-hybridized carbons (Fsp3) is 0.440. The number of carbonyl (C=O) groups is 5. The van der Waals surface area contributed by atoms with Gasteiger partial charge in [-0.15, -0.1) is 4.57 Å². The molecule has 9 atom stereocenters. The van der Waals surface area contributed by atoms with E-state index in [9.17, 15) is 39.3 Å². The SMILES string of the molecule is CO[C@H]1/C=C/OC2(C)Oc3c(C)c(O)c4c(c3C2=O)C(=O)C(N2CCOCC2)=C(NC(=O)/C(C)=C\C=C\[C@H](C)[C@H](O)[C@@H](C)[C@@H](O)[C@@H](C)[C@H](OC(=O)n2cc[n+](Cc3ccccc3)c2)[C@@H]1C)C4=O. The number of Topliss-reactive ketones (excluding diaryl/α,β-unsaturated/α-hetero) is 3. The lowest BCUT2D eigenvalue weighted by molar-refractivity contribution is -0.687. The van der Waals surface area contributed by atoms with E-state index in [4.69, 9.17) is 23.7 Å². The van der Waals surface area contributed by atoms with Gasteiger partial charge in [0.25, 0.3) is 18.0 Å². The number of aliphatic hydroxyl groups excluding tert-OH is 2. The summed E-state index contributed by atoms with van der Waals surface area (Å²) in [4.78, 5) is 73.3. The number of morpholine rings is 1. The van der Waals surface area contributed by atoms with Crippen molar-refractivity contribution in [3.8, 4) is 11.5 Å². The molecule has 0 spiro atoms. The highest BCUT2D eigenvalue weighted by Gasteiger charge is 2.53. The second-order valence-corrected chi connectivity index (χ2v) is 17.9. The number of allylic oxidation sites excluding steroid dienone is 4. The van der Waals surface area contributed by atoms with Crippen molar-refractivity contribution < 1.29 is 67.5 Å². The smallest absolute Gasteiger partial charge is 0.507 e. The number of ether oxygens (including phenoxy) is 5. The molecule has 4 N–H and O–H groups in total. The molecule has 0 saturated carbocycles. The van der Waals surface area contributed by atoms with Crippen LogP contribution in [-0.4, -0.2) is 118 Å². The monoisotopic (exact) mass is 923 g/mol. The van der Waals surface area contributed by atoms with E-state index in [-0.39, 0.29) is 65.7 Å². The van der Waals surface area contributed by atoms with Crippen LogP contribution in [-0.2, 0) is 30.3 Å². The van der Waals surface area contributed by atoms with E-state index in [0.717, 1.165) is 5.56 Å². The van der Waals surface area contributed by atoms with Crippen molar-refractivity contribution in [2.24, 2.45) is 23.7 Å². The van der Waals surface area contributed by atoms with E-state index in [2.05, 4.69) is 5.32 Å². The first kappa shape index (κ1) is 48.5. The molecule has 5 bridgehead atoms. The van der Waals surface area contributed by atoms with Gasteiger partial charge in [0.05, 0.1) is 54.5 Å². The Morgan fingerprint density at radius 3 is 2.31 bits per heavy atom. The van der Waals surface area contributed by atoms with E-state index >= 15 is 0 Å². The number of aromatic nitrogens is 2. The minimum absolute atomic E-state index is 0.00815. The molecule has 4 aliphatic heterocycles. The number of hydrogen-bond acceptors (Lipinski definition) is 14. The Bertz CT molecular complexity index is 2560. The molecule has 3 aromatic rings. The lowest BCUT2D eigenvalue weighted by Gasteiger charge is -2.37. The number of carbonyl (C=O) groups excluding carboxylic acids is 5. The van der Waals surface area contributed by atoms with Gasteiger partial charge >= 0.3 is 11.9 Å². The molecule has 1 fully saturated rings. The minimum Gasteiger partial charge on any atom is -0.507 e. The Morgan fingerprint density at radius 2 is 1.63 bits per heavy atom. The Morgan fingerprint density at radius 1 is 0.925 bits per heavy atom. The van der Waals surface area contributed by atoms with Crippen molar-refractivity contribution in [2.75, 3.05) is 33.4 Å². The number of imidazole rings is 1. The van der Waals surface area contributed by atoms with Gasteiger partial charge < -0.3 is 49.2 Å². The largest absolute Gasteiger partial charge is 0.511 e. The third-order valence-electron chi connectivity index (χ3n) is 13.3. The number of hydrogen-bond donors (Lipinski definition) is 4. The minimum atomic E-state index is -2.11. The summed E-state index contributed by atoms with van der Waals surface area (Å²) in [6.45, 7) is 12.5. The molecule has 1 amide bonds. The molecular weight excluding hydrogens is 865 g/mol. The third-order valence-corrected chi connectivity index (χ3v) is 13.3. The highest BCUT2D eigenvalue weighted by Crippen LogP contribution is 2.49. The van der Waals surface area contributed by atoms with Crippen molar-refractivity contribution in [3.63, 3.8) is 0 Å². The number of phenols is 1. The molecular formula is C50H59N4O13+. The fourth-order valence-corrected chi connectivity index (χ4v) is 9.14. The van der Waals surface area contributed by atoms with E-state index in [1.807, 2.05) is 34.9 Å². The van der Waals surface area contributed by atoms with Gasteiger partial charge in [-0.1, -0.05) is 76.3 Å². The molecule has 2 aromatic carbocycles. The van der Waals surface area contributed by atoms with Gasteiger partial charge in [-0.2, -0.15) is 4.79 Å². The van der Waals surface area contributed by atoms with Crippen molar-refractivity contribution in [1.29, 1.82) is 0 Å². The van der Waals surface area contributed by atoms with E-state index < -0.39 is 94.5 Å². The summed E-state index contributed by atoms with van der Waals surface area (Å²) in [5.41, 5.74) is -0.513. The van der Waals surface area contributed by atoms with Crippen LogP contribution < -0.4 is 14.6 Å². The molecule has 17 heteroatoms. The van der Waals surface area contributed by atoms with Crippen LogP contribution in [0.1, 0.15) is 83.7 Å². The maximum atomic E-state index is 14.8. The van der Waals surface area contributed by atoms with Crippen LogP contribution in [0.15, 0.2) is 96.6 Å². The number of nitrogens with zero attached hydrogens (tertiary/aromatic N) is 3. The molecule has 1 aromatic heterocycles. The van der Waals surface area contributed by atoms with Crippen LogP contribution in [0.4, 0.5) is 4.79 Å². The molecule has 5 aliphatic rings. The van der Waals surface area contributed by atoms with Crippen molar-refractivity contribution >= 4 is 29.4 Å². The van der Waals surface area contributed by atoms with Gasteiger partial charge in [0, 0.05) is 61.9 Å². The second kappa shape index (κ2) is 19.8. The molecule has 1 aliphatic carbocycles. The summed E-state index contributed by atoms with van der Waals surface area (Å²) >= 11 is 0. The molecule has 17 nitrogen and oxygen atoms in total. The number of rotatable bonds is 5. The summed E-state index contributed by atoms with van der Waals surface area (Å²) < 4.78 is 32.9. The number of aromatic hydroxyl groups is 1. The molecule has 5 heterocycles. The third kappa shape index (κ3) is 9.46. The number of methoxy groups -OCH3 is 1. The number of benzene rings is 2. The summed E-state index contributed by atoms with van der Waals surface area (Å²) in [6, 6.07) is 9.71. The second-order valence-electron chi connectivity index (χ2n) is 17.9. The number of phenolic OH excluding ortho intramolecular Hbond substituents is 1. The van der Waals surface area contributed by atoms with E-state index in [1.165, 1.54) is 50.9 Å². The summed E-state index contributed by atoms with van der Waals surface area (Å²) in [6.07, 6.45) is 7.29. The Balaban J connectivity index is 1.28. The average Bonchev–Trinajstić information content (AvgIpc) is 3.90. The normalized spacial score (nSPS) is 30.2. The lowest BCUT2D eigenvalue weighted by atomic mass is 9.78. The highest BCUT2D eigenvalue weighted by molar-refractivity contribution is 6.32. The van der Waals surface area contributed by atoms with Crippen molar-refractivity contribution in [2.45, 2.75) is 85.2 Å². The Labute approximate surface area is 388 Å². The number of nitrogens with one attached hydrogen (secondary N) is 1. The molecule has 0 radical (unpaired) electrons. The molecule has 1 unspecified atom stereocenters. The zero-order chi connectivity index (χ0) is 48.5. The summed E-state index contributed by atoms with van der Waals surface area (Å²) in [5.74, 6) is -8.90. The lowest BCUT2D eigenvalue weighted by Crippen LogP contribution is -2.47. The zero-order valence-electron chi connectivity index (χ0n) is 38.9. The van der Waals surface area contributed by atoms with Crippen LogP contribution in [0.3, 0.4) is 0 Å². The zero-order valence-corrected chi connectivity index (χ0v) is 38.9. The topological polar surface area (TPSA) is 216 Å². The van der Waals surface area contributed by atoms with Gasteiger partial charge in [0.2, 0.25) is 11.6 Å². The molecule has 67 heavy (non-hydrogen) atoms. The van der Waals surface area contributed by atoms with Gasteiger partial charge in [0.1, 0.15) is 47.9 Å². The molecule has 356 valence electrons. The van der Waals surface area contributed by atoms with Gasteiger partial charge in [0.15, 0.2) is 0 Å². The van der Waals surface area contributed by atoms with Crippen LogP contribution in [0.2, 0.25) is 0 Å². The highest BCUT2D eigenvalue weighted by atomic mass is 16.7. The van der Waals surface area contributed by atoms with Crippen molar-refractivity contribution in [1.82, 2.24) is 14.8 Å². The summed E-state index contributed by atoms with van der Waals surface area (Å²) in [7, 11) is 1.43. The average molecular weight is 924 g/mol. The quantitative estimate of drug-likeness (QED) is 0.259. The first-order chi connectivity index (χ1) is 31.9. The predicted octanol–water partition coefficient (Wildman–Crippen LogP) is 4.55. The fourth-order valence-electron chi connectivity index (χ4n) is 9.14. The number of ketones is 3. The van der Waals surface area contributed by atoms with Crippen LogP contribution in [0.25, 0.3) is 0 Å². The number of amides is 1. The van der Waals surface area contributed by atoms with Crippen LogP contribution in [0, 0.1) is 30.6 Å². The Hall–Kier alpha value is -6.40. The first-order valence-electron chi connectivity index (χ1n) is 22.4. The first-order valence-corrected chi connectivity index (χ1v) is 22.4. The van der Waals surface area contributed by atoms with Gasteiger partial charge in [-0.25, -0.2) is 4.57 Å². The molecule has 1 saturated heterocycles. The van der Waals surface area contributed by atoms with Crippen LogP contribution >= 0.6 is 0 Å². The van der Waals surface area contributed by atoms with E-state index in [1.54, 1.807) is 63.5 Å². The Kier molecular flexibility index (Phi) is 14.4. The number of aliphatic hydroxyl groups is 2. The maximum absolute atomic E-state index is 14.8. The standard InChI is InChI=1S/C50H58N4O13/c1-27-13-12-14-28(2)48(61)51-38-39(53-20-23-64-24-21-53)44(59)35-36(43(38)58)42(57)32(6)46-37(35)47(60)50(7,67-46)65-22-17-34(63-8)29(3)45(31(5)41(56)30(4)40(27)55)66-49(62)54-19-18-52(26-54)25-33-15-10-9-11-16-33/h9-19,22,26-27,29-31,34,40-41,45,55-56H,20-21,23-25H2,1-8H3,(H-,51,57,58,59,60,61)/p+1/b13-12+,22-17+,28-14-/t27-,29+,30+,31+,34-,40-,41+,45+,50?/m0/s1. The maximum Gasteiger partial charge on any atom is 0.511 e.